The van der Waals surface area contributed by atoms with Gasteiger partial charge in [0.25, 0.3) is 5.91 Å². The smallest absolute Gasteiger partial charge is 0.277 e. The van der Waals surface area contributed by atoms with Crippen LogP contribution in [0.5, 0.6) is 5.75 Å². The number of ether oxygens (including phenoxy) is 1. The summed E-state index contributed by atoms with van der Waals surface area (Å²) >= 11 is 0. The van der Waals surface area contributed by atoms with Crippen molar-refractivity contribution >= 4 is 12.1 Å². The fourth-order valence-corrected chi connectivity index (χ4v) is 2.48. The molecule has 2 aromatic rings. The normalized spacial score (nSPS) is 12.4. The Morgan fingerprint density at radius 3 is 2.56 bits per heavy atom. The summed E-state index contributed by atoms with van der Waals surface area (Å²) < 4.78 is 5.70. The van der Waals surface area contributed by atoms with E-state index in [0.29, 0.717) is 5.92 Å². The first-order chi connectivity index (χ1) is 12.0. The zero-order valence-electron chi connectivity index (χ0n) is 15.3. The van der Waals surface area contributed by atoms with Gasteiger partial charge in [-0.1, -0.05) is 63.2 Å². The second kappa shape index (κ2) is 9.02. The van der Waals surface area contributed by atoms with Crippen LogP contribution in [0.1, 0.15) is 49.3 Å². The highest BCUT2D eigenvalue weighted by Crippen LogP contribution is 2.27. The lowest BCUT2D eigenvalue weighted by Gasteiger charge is -2.14. The number of rotatable bonds is 7. The summed E-state index contributed by atoms with van der Waals surface area (Å²) in [5.74, 6) is 0.953. The van der Waals surface area contributed by atoms with Gasteiger partial charge in [-0.2, -0.15) is 5.10 Å². The first-order valence-electron chi connectivity index (χ1n) is 8.57. The highest BCUT2D eigenvalue weighted by Gasteiger charge is 2.10. The van der Waals surface area contributed by atoms with Crippen LogP contribution in [0.15, 0.2) is 53.6 Å². The average molecular weight is 338 g/mol. The molecule has 0 aliphatic rings. The quantitative estimate of drug-likeness (QED) is 0.601. The average Bonchev–Trinajstić information content (AvgIpc) is 2.60. The van der Waals surface area contributed by atoms with Gasteiger partial charge in [0.05, 0.1) is 0 Å². The van der Waals surface area contributed by atoms with E-state index in [1.54, 1.807) is 6.21 Å². The zero-order valence-corrected chi connectivity index (χ0v) is 15.3. The first-order valence-corrected chi connectivity index (χ1v) is 8.57. The number of hydrogen-bond donors (Lipinski definition) is 1. The molecule has 0 radical (unpaired) electrons. The van der Waals surface area contributed by atoms with E-state index >= 15 is 0 Å². The number of carbonyl (C=O) groups is 1. The summed E-state index contributed by atoms with van der Waals surface area (Å²) in [6, 6.07) is 16.1. The summed E-state index contributed by atoms with van der Waals surface area (Å²) in [4.78, 5) is 12.0. The van der Waals surface area contributed by atoms with Gasteiger partial charge >= 0.3 is 0 Å². The Labute approximate surface area is 149 Å². The number of carbonyl (C=O) groups excluding carboxylic acids is 1. The minimum absolute atomic E-state index is 0.0553. The number of aryl methyl sites for hydroxylation is 1. The van der Waals surface area contributed by atoms with Crippen LogP contribution in [0.25, 0.3) is 0 Å². The van der Waals surface area contributed by atoms with Crippen molar-refractivity contribution in [2.24, 2.45) is 5.10 Å². The number of hydrazone groups is 1. The van der Waals surface area contributed by atoms with Crippen molar-refractivity contribution in [2.75, 3.05) is 6.61 Å². The molecule has 2 rings (SSSR count). The lowest BCUT2D eigenvalue weighted by Crippen LogP contribution is -2.25. The van der Waals surface area contributed by atoms with E-state index in [1.807, 2.05) is 56.3 Å². The number of amides is 1. The zero-order chi connectivity index (χ0) is 18.2. The van der Waals surface area contributed by atoms with Crippen molar-refractivity contribution in [2.45, 2.75) is 39.5 Å². The molecule has 1 amide bonds. The third kappa shape index (κ3) is 5.75. The summed E-state index contributed by atoms with van der Waals surface area (Å²) in [6.45, 7) is 8.19. The standard InChI is InChI=1S/C21H26N2O2/c1-15(2)19-11-10-16(3)12-20(19)25-14-21(24)23-22-13-17(4)18-8-6-5-7-9-18/h5-13,15,17H,14H2,1-4H3,(H,23,24)/b22-13-/t17-/m0/s1. The largest absolute Gasteiger partial charge is 0.483 e. The van der Waals surface area contributed by atoms with E-state index in [-0.39, 0.29) is 18.4 Å². The molecule has 0 aliphatic heterocycles. The topological polar surface area (TPSA) is 50.7 Å². The van der Waals surface area contributed by atoms with Gasteiger partial charge in [-0.25, -0.2) is 5.43 Å². The predicted octanol–water partition coefficient (Wildman–Crippen LogP) is 4.40. The summed E-state index contributed by atoms with van der Waals surface area (Å²) in [5, 5.41) is 4.03. The van der Waals surface area contributed by atoms with E-state index in [9.17, 15) is 4.79 Å². The van der Waals surface area contributed by atoms with Crippen LogP contribution in [0.3, 0.4) is 0 Å². The second-order valence-corrected chi connectivity index (χ2v) is 6.50. The highest BCUT2D eigenvalue weighted by atomic mass is 16.5. The Hall–Kier alpha value is -2.62. The maximum Gasteiger partial charge on any atom is 0.277 e. The molecule has 2 aromatic carbocycles. The van der Waals surface area contributed by atoms with Crippen molar-refractivity contribution in [3.8, 4) is 5.75 Å². The van der Waals surface area contributed by atoms with Crippen LogP contribution in [-0.4, -0.2) is 18.7 Å². The molecule has 4 nitrogen and oxygen atoms in total. The van der Waals surface area contributed by atoms with E-state index in [4.69, 9.17) is 4.74 Å². The predicted molar refractivity (Wildman–Crippen MR) is 102 cm³/mol. The molecule has 0 saturated heterocycles. The molecule has 1 atom stereocenters. The highest BCUT2D eigenvalue weighted by molar-refractivity contribution is 5.79. The molecule has 0 aromatic heterocycles. The molecule has 0 spiro atoms. The van der Waals surface area contributed by atoms with Crippen molar-refractivity contribution in [3.63, 3.8) is 0 Å². The molecule has 0 heterocycles. The van der Waals surface area contributed by atoms with Crippen molar-refractivity contribution in [3.05, 3.63) is 65.2 Å². The molecular formula is C21H26N2O2. The molecular weight excluding hydrogens is 312 g/mol. The van der Waals surface area contributed by atoms with Gasteiger partial charge in [-0.05, 0) is 35.6 Å². The second-order valence-electron chi connectivity index (χ2n) is 6.50. The van der Waals surface area contributed by atoms with E-state index < -0.39 is 0 Å². The number of benzene rings is 2. The van der Waals surface area contributed by atoms with E-state index in [1.165, 1.54) is 0 Å². The van der Waals surface area contributed by atoms with Crippen molar-refractivity contribution in [1.82, 2.24) is 5.43 Å². The van der Waals surface area contributed by atoms with Crippen LogP contribution >= 0.6 is 0 Å². The lowest BCUT2D eigenvalue weighted by atomic mass is 10.0. The molecule has 0 fully saturated rings. The Kier molecular flexibility index (Phi) is 6.75. The van der Waals surface area contributed by atoms with Crippen LogP contribution in [0.2, 0.25) is 0 Å². The van der Waals surface area contributed by atoms with Crippen molar-refractivity contribution in [1.29, 1.82) is 0 Å². The minimum atomic E-state index is -0.271. The van der Waals surface area contributed by atoms with Gasteiger partial charge < -0.3 is 4.74 Å². The number of nitrogens with zero attached hydrogens (tertiary/aromatic N) is 1. The van der Waals surface area contributed by atoms with Gasteiger partial charge in [0.15, 0.2) is 6.61 Å². The Bertz CT molecular complexity index is 724. The van der Waals surface area contributed by atoms with Gasteiger partial charge in [0.1, 0.15) is 5.75 Å². The fraction of sp³-hybridized carbons (Fsp3) is 0.333. The Morgan fingerprint density at radius 2 is 1.88 bits per heavy atom. The van der Waals surface area contributed by atoms with Gasteiger partial charge in [-0.3, -0.25) is 4.79 Å². The molecule has 0 aliphatic carbocycles. The molecule has 1 N–H and O–H groups in total. The molecule has 132 valence electrons. The van der Waals surface area contributed by atoms with Gasteiger partial charge in [0, 0.05) is 12.1 Å². The third-order valence-corrected chi connectivity index (χ3v) is 3.96. The van der Waals surface area contributed by atoms with Crippen LogP contribution in [0.4, 0.5) is 0 Å². The molecule has 25 heavy (non-hydrogen) atoms. The summed E-state index contributed by atoms with van der Waals surface area (Å²) in [7, 11) is 0. The summed E-state index contributed by atoms with van der Waals surface area (Å²) in [6.07, 6.45) is 1.72. The van der Waals surface area contributed by atoms with Crippen LogP contribution in [0, 0.1) is 6.92 Å². The molecule has 0 unspecified atom stereocenters. The lowest BCUT2D eigenvalue weighted by molar-refractivity contribution is -0.123. The maximum absolute atomic E-state index is 12.0. The molecule has 0 bridgehead atoms. The minimum Gasteiger partial charge on any atom is -0.483 e. The SMILES string of the molecule is Cc1ccc(C(C)C)c(OCC(=O)N/N=C\[C@H](C)c2ccccc2)c1. The monoisotopic (exact) mass is 338 g/mol. The van der Waals surface area contributed by atoms with Gasteiger partial charge in [-0.15, -0.1) is 0 Å². The fourth-order valence-electron chi connectivity index (χ4n) is 2.48. The molecule has 0 saturated carbocycles. The summed E-state index contributed by atoms with van der Waals surface area (Å²) in [5.41, 5.74) is 5.88. The third-order valence-electron chi connectivity index (χ3n) is 3.96. The number of hydrogen-bond acceptors (Lipinski definition) is 3. The number of nitrogens with one attached hydrogen (secondary N) is 1. The van der Waals surface area contributed by atoms with E-state index in [0.717, 1.165) is 22.4 Å². The van der Waals surface area contributed by atoms with E-state index in [2.05, 4.69) is 30.4 Å². The van der Waals surface area contributed by atoms with Crippen molar-refractivity contribution < 1.29 is 9.53 Å². The van der Waals surface area contributed by atoms with Gasteiger partial charge in [0.2, 0.25) is 0 Å². The first kappa shape index (κ1) is 18.7. The van der Waals surface area contributed by atoms with Crippen LogP contribution < -0.4 is 10.2 Å². The molecule has 4 heteroatoms. The Morgan fingerprint density at radius 1 is 1.16 bits per heavy atom. The maximum atomic E-state index is 12.0. The van der Waals surface area contributed by atoms with Crippen LogP contribution in [-0.2, 0) is 4.79 Å². The Balaban J connectivity index is 1.87.